The summed E-state index contributed by atoms with van der Waals surface area (Å²) in [6, 6.07) is 8.47. The van der Waals surface area contributed by atoms with Gasteiger partial charge in [0, 0.05) is 61.7 Å². The Labute approximate surface area is 328 Å². The highest BCUT2D eigenvalue weighted by molar-refractivity contribution is 5.92. The van der Waals surface area contributed by atoms with Crippen LogP contribution in [0.4, 0.5) is 0 Å². The van der Waals surface area contributed by atoms with Crippen molar-refractivity contribution in [3.05, 3.63) is 89.0 Å². The Balaban J connectivity index is 0.000000260. The number of aliphatic carboxylic acids is 1. The van der Waals surface area contributed by atoms with Crippen molar-refractivity contribution in [2.75, 3.05) is 20.1 Å². The molecule has 298 valence electrons. The molecule has 1 atom stereocenters. The molecule has 1 amide bonds. The van der Waals surface area contributed by atoms with Gasteiger partial charge in [-0.3, -0.25) is 9.59 Å². The van der Waals surface area contributed by atoms with E-state index in [0.29, 0.717) is 17.8 Å². The second-order valence-electron chi connectivity index (χ2n) is 16.9. The predicted molar refractivity (Wildman–Crippen MR) is 218 cm³/mol. The number of aryl methyl sites for hydroxylation is 1. The van der Waals surface area contributed by atoms with E-state index in [1.165, 1.54) is 105 Å². The molecule has 3 aromatic rings. The predicted octanol–water partition coefficient (Wildman–Crippen LogP) is 8.27. The zero-order chi connectivity index (χ0) is 39.8. The van der Waals surface area contributed by atoms with Gasteiger partial charge in [-0.15, -0.1) is 0 Å². The van der Waals surface area contributed by atoms with Crippen LogP contribution in [0.3, 0.4) is 0 Å². The second kappa shape index (κ2) is 21.7. The lowest BCUT2D eigenvalue weighted by molar-refractivity contribution is -0.146. The molecule has 1 saturated carbocycles. The Morgan fingerprint density at radius 2 is 1.47 bits per heavy atom. The van der Waals surface area contributed by atoms with E-state index < -0.39 is 11.9 Å². The number of primary amides is 1. The number of hydrogen-bond donors (Lipinski definition) is 2. The van der Waals surface area contributed by atoms with Crippen LogP contribution >= 0.6 is 0 Å². The highest BCUT2D eigenvalue weighted by Gasteiger charge is 2.29. The lowest BCUT2D eigenvalue weighted by Crippen LogP contribution is -2.47. The number of likely N-dealkylation sites (tertiary alicyclic amines) is 1. The maximum absolute atomic E-state index is 10.7. The fourth-order valence-corrected chi connectivity index (χ4v) is 7.77. The average molecular weight is 753 g/mol. The quantitative estimate of drug-likeness (QED) is 0.174. The zero-order valence-corrected chi connectivity index (χ0v) is 33.9. The summed E-state index contributed by atoms with van der Waals surface area (Å²) in [4.78, 5) is 50.8. The van der Waals surface area contributed by atoms with E-state index in [1.807, 2.05) is 45.1 Å². The first-order chi connectivity index (χ1) is 26.3. The Hall–Kier alpha value is -4.31. The van der Waals surface area contributed by atoms with Gasteiger partial charge in [-0.2, -0.15) is 0 Å². The molecule has 1 aromatic carbocycles. The van der Waals surface area contributed by atoms with Gasteiger partial charge < -0.3 is 20.5 Å². The number of carbonyl (C=O) groups is 3. The smallest absolute Gasteiger partial charge is 0.309 e. The molecule has 2 aromatic heterocycles. The van der Waals surface area contributed by atoms with Gasteiger partial charge in [0.1, 0.15) is 17.9 Å². The van der Waals surface area contributed by atoms with Gasteiger partial charge in [0.15, 0.2) is 0 Å². The summed E-state index contributed by atoms with van der Waals surface area (Å²) in [7, 11) is 1.92. The maximum atomic E-state index is 10.7. The molecule has 6 rings (SSSR count). The van der Waals surface area contributed by atoms with Crippen LogP contribution in [-0.4, -0.2) is 68.2 Å². The molecule has 10 nitrogen and oxygen atoms in total. The summed E-state index contributed by atoms with van der Waals surface area (Å²) in [6.07, 6.45) is 27.7. The van der Waals surface area contributed by atoms with Crippen molar-refractivity contribution in [2.45, 2.75) is 123 Å². The second-order valence-corrected chi connectivity index (χ2v) is 16.9. The molecule has 1 unspecified atom stereocenters. The van der Waals surface area contributed by atoms with Gasteiger partial charge in [0.2, 0.25) is 0 Å². The number of nitrogens with two attached hydrogens (primary N) is 1. The van der Waals surface area contributed by atoms with E-state index in [-0.39, 0.29) is 11.3 Å². The van der Waals surface area contributed by atoms with Gasteiger partial charge in [-0.1, -0.05) is 96.6 Å². The van der Waals surface area contributed by atoms with Crippen LogP contribution in [0.25, 0.3) is 5.57 Å². The van der Waals surface area contributed by atoms with Gasteiger partial charge in [-0.25, -0.2) is 19.9 Å². The van der Waals surface area contributed by atoms with Crippen LogP contribution in [-0.2, 0) is 27.8 Å². The van der Waals surface area contributed by atoms with Crippen LogP contribution in [0.1, 0.15) is 143 Å². The molecule has 2 aliphatic carbocycles. The molecule has 0 radical (unpaired) electrons. The van der Waals surface area contributed by atoms with E-state index in [4.69, 9.17) is 10.8 Å². The fraction of sp³-hybridized carbons (Fsp3) is 0.578. The summed E-state index contributed by atoms with van der Waals surface area (Å²) in [5.41, 5.74) is 10.4. The number of carboxylic acid groups (broad SMARTS) is 1. The van der Waals surface area contributed by atoms with Crippen molar-refractivity contribution >= 4 is 23.7 Å². The van der Waals surface area contributed by atoms with E-state index in [2.05, 4.69) is 57.2 Å². The molecular weight excluding hydrogens is 689 g/mol. The van der Waals surface area contributed by atoms with Crippen molar-refractivity contribution < 1.29 is 19.5 Å². The number of aldehydes is 1. The maximum Gasteiger partial charge on any atom is 0.309 e. The normalized spacial score (nSPS) is 20.3. The number of benzene rings is 1. The van der Waals surface area contributed by atoms with E-state index in [1.54, 1.807) is 0 Å². The van der Waals surface area contributed by atoms with Gasteiger partial charge >= 0.3 is 5.97 Å². The van der Waals surface area contributed by atoms with Crippen molar-refractivity contribution in [2.24, 2.45) is 29.4 Å². The number of allylic oxidation sites excluding steroid dienone is 2. The Kier molecular flexibility index (Phi) is 17.1. The molecule has 55 heavy (non-hydrogen) atoms. The summed E-state index contributed by atoms with van der Waals surface area (Å²) in [5.74, 6) is 3.19. The molecule has 1 saturated heterocycles. The SMILES string of the molecule is CC(C)(C)c1ncc(C(N)=O)cn1.CCCC1CCC(CC2CCC=C(c3cnc(Cc4ccc(CCC=O)cc4)nc3)CC2)CC1.CN1CC(C(=O)O)C1. The van der Waals surface area contributed by atoms with E-state index in [0.717, 1.165) is 55.8 Å². The highest BCUT2D eigenvalue weighted by Crippen LogP contribution is 2.38. The number of carbonyl (C=O) groups excluding carboxylic acids is 2. The third-order valence-corrected chi connectivity index (χ3v) is 11.2. The molecule has 0 spiro atoms. The lowest BCUT2D eigenvalue weighted by atomic mass is 9.75. The number of amides is 1. The molecule has 10 heteroatoms. The fourth-order valence-electron chi connectivity index (χ4n) is 7.77. The molecule has 3 N–H and O–H groups in total. The number of hydrogen-bond acceptors (Lipinski definition) is 8. The number of rotatable bonds is 12. The van der Waals surface area contributed by atoms with Gasteiger partial charge in [0.05, 0.1) is 11.5 Å². The zero-order valence-electron chi connectivity index (χ0n) is 33.9. The first-order valence-corrected chi connectivity index (χ1v) is 20.4. The van der Waals surface area contributed by atoms with Crippen molar-refractivity contribution in [1.82, 2.24) is 24.8 Å². The van der Waals surface area contributed by atoms with Crippen molar-refractivity contribution in [3.63, 3.8) is 0 Å². The van der Waals surface area contributed by atoms with E-state index >= 15 is 0 Å². The standard InChI is InChI=1S/C31H42N2O.C9H13N3O.C5H9NO2/c1-2-5-24-9-13-27(14-10-24)20-26-6-3-8-29(18-17-26)30-22-32-31(33-23-30)21-28-15-11-25(12-16-28)7-4-19-34;1-9(2,3)8-11-4-6(5-12-8)7(10)13;1-6-2-4(3-6)5(7)8/h8,11-12,15-16,19,22-24,26-27H,2-7,9-10,13-14,17-18,20-21H2,1H3;4-5H,1-3H3,(H2,10,13);4H,2-3H2,1H3,(H,7,8). The van der Waals surface area contributed by atoms with Crippen LogP contribution < -0.4 is 5.73 Å². The minimum Gasteiger partial charge on any atom is -0.481 e. The van der Waals surface area contributed by atoms with Crippen molar-refractivity contribution in [1.29, 1.82) is 0 Å². The van der Waals surface area contributed by atoms with Crippen LogP contribution in [0, 0.1) is 23.7 Å². The molecular formula is C45H64N6O4. The highest BCUT2D eigenvalue weighted by atomic mass is 16.4. The molecule has 2 fully saturated rings. The Morgan fingerprint density at radius 1 is 0.873 bits per heavy atom. The third kappa shape index (κ3) is 14.7. The third-order valence-electron chi connectivity index (χ3n) is 11.2. The minimum atomic E-state index is -0.664. The Bertz CT molecular complexity index is 1650. The summed E-state index contributed by atoms with van der Waals surface area (Å²) < 4.78 is 0. The molecule has 3 aliphatic rings. The first kappa shape index (κ1) is 43.4. The summed E-state index contributed by atoms with van der Waals surface area (Å²) >= 11 is 0. The molecule has 1 aliphatic heterocycles. The average Bonchev–Trinajstić information content (AvgIpc) is 3.40. The largest absolute Gasteiger partial charge is 0.481 e. The Morgan fingerprint density at radius 3 is 2.00 bits per heavy atom. The van der Waals surface area contributed by atoms with Gasteiger partial charge in [0.25, 0.3) is 5.91 Å². The number of aromatic nitrogens is 4. The van der Waals surface area contributed by atoms with Gasteiger partial charge in [-0.05, 0) is 80.0 Å². The number of nitrogens with zero attached hydrogens (tertiary/aromatic N) is 5. The minimum absolute atomic E-state index is 0.0972. The monoisotopic (exact) mass is 752 g/mol. The van der Waals surface area contributed by atoms with Crippen LogP contribution in [0.2, 0.25) is 0 Å². The lowest BCUT2D eigenvalue weighted by Gasteiger charge is -2.32. The van der Waals surface area contributed by atoms with Crippen LogP contribution in [0.5, 0.6) is 0 Å². The molecule has 3 heterocycles. The first-order valence-electron chi connectivity index (χ1n) is 20.4. The topological polar surface area (TPSA) is 152 Å². The summed E-state index contributed by atoms with van der Waals surface area (Å²) in [5, 5.41) is 8.32. The molecule has 0 bridgehead atoms. The number of carboxylic acids is 1. The van der Waals surface area contributed by atoms with Crippen molar-refractivity contribution in [3.8, 4) is 0 Å². The van der Waals surface area contributed by atoms with Crippen LogP contribution in [0.15, 0.2) is 55.1 Å². The van der Waals surface area contributed by atoms with E-state index in [9.17, 15) is 14.4 Å². The summed E-state index contributed by atoms with van der Waals surface area (Å²) in [6.45, 7) is 9.79.